The fraction of sp³-hybridized carbons (Fsp3) is 0.929. The van der Waals surface area contributed by atoms with Crippen LogP contribution in [0.1, 0.15) is 79.6 Å². The normalized spacial score (nSPS) is 51.5. The minimum Gasteiger partial charge on any atom is -0.396 e. The number of fused-ring (bicyclic) bond motifs is 5. The first kappa shape index (κ1) is 24.7. The number of aliphatic hydroxyl groups excluding tert-OH is 4. The summed E-state index contributed by atoms with van der Waals surface area (Å²) in [5, 5.41) is 42.3. The van der Waals surface area contributed by atoms with Crippen LogP contribution in [0.5, 0.6) is 0 Å². The van der Waals surface area contributed by atoms with Crippen molar-refractivity contribution < 1.29 is 20.4 Å². The van der Waals surface area contributed by atoms with Crippen LogP contribution >= 0.6 is 0 Å². The Morgan fingerprint density at radius 3 is 2.22 bits per heavy atom. The van der Waals surface area contributed by atoms with E-state index in [2.05, 4.69) is 46.8 Å². The van der Waals surface area contributed by atoms with Gasteiger partial charge in [0.05, 0.1) is 18.3 Å². The maximum absolute atomic E-state index is 11.4. The highest BCUT2D eigenvalue weighted by Crippen LogP contribution is 2.68. The van der Waals surface area contributed by atoms with Gasteiger partial charge in [0.15, 0.2) is 0 Å². The molecule has 0 radical (unpaired) electrons. The first-order valence-electron chi connectivity index (χ1n) is 13.4. The molecule has 0 aromatic heterocycles. The summed E-state index contributed by atoms with van der Waals surface area (Å²) < 4.78 is 0. The molecule has 0 unspecified atom stereocenters. The maximum Gasteiger partial charge on any atom is 0.0579 e. The van der Waals surface area contributed by atoms with Crippen LogP contribution in [0.25, 0.3) is 0 Å². The second kappa shape index (κ2) is 8.98. The number of aliphatic hydroxyl groups is 4. The summed E-state index contributed by atoms with van der Waals surface area (Å²) in [4.78, 5) is 0. The average molecular weight is 449 g/mol. The van der Waals surface area contributed by atoms with Gasteiger partial charge in [-0.3, -0.25) is 0 Å². The van der Waals surface area contributed by atoms with E-state index in [0.29, 0.717) is 29.6 Å². The molecule has 184 valence electrons. The molecular formula is C28H48O4. The lowest BCUT2D eigenvalue weighted by molar-refractivity contribution is -0.180. The molecule has 4 N–H and O–H groups in total. The average Bonchev–Trinajstić information content (AvgIpc) is 3.03. The van der Waals surface area contributed by atoms with Gasteiger partial charge < -0.3 is 20.4 Å². The van der Waals surface area contributed by atoms with E-state index in [-0.39, 0.29) is 53.5 Å². The van der Waals surface area contributed by atoms with Gasteiger partial charge in [0.25, 0.3) is 0 Å². The predicted octanol–water partition coefficient (Wildman–Crippen LogP) is 4.40. The summed E-state index contributed by atoms with van der Waals surface area (Å²) in [5.41, 5.74) is 0.190. The van der Waals surface area contributed by atoms with Crippen molar-refractivity contribution in [1.29, 1.82) is 0 Å². The van der Waals surface area contributed by atoms with Crippen LogP contribution in [0, 0.1) is 58.2 Å². The minimum absolute atomic E-state index is 0.0854. The van der Waals surface area contributed by atoms with Gasteiger partial charge in [-0.15, -0.1) is 0 Å². The molecular weight excluding hydrogens is 400 g/mol. The Labute approximate surface area is 195 Å². The third kappa shape index (κ3) is 3.91. The Morgan fingerprint density at radius 1 is 0.844 bits per heavy atom. The molecule has 4 heteroatoms. The number of allylic oxidation sites excluding steroid dienone is 2. The summed E-state index contributed by atoms with van der Waals surface area (Å²) in [6.45, 7) is 11.6. The largest absolute Gasteiger partial charge is 0.396 e. The van der Waals surface area contributed by atoms with E-state index in [0.717, 1.165) is 38.5 Å². The Kier molecular flexibility index (Phi) is 6.93. The van der Waals surface area contributed by atoms with Gasteiger partial charge in [0.2, 0.25) is 0 Å². The molecule has 32 heavy (non-hydrogen) atoms. The molecule has 4 nitrogen and oxygen atoms in total. The Hall–Kier alpha value is -0.420. The second-order valence-electron chi connectivity index (χ2n) is 12.9. The van der Waals surface area contributed by atoms with E-state index in [1.165, 1.54) is 6.42 Å². The zero-order valence-corrected chi connectivity index (χ0v) is 21.0. The van der Waals surface area contributed by atoms with Gasteiger partial charge in [-0.2, -0.15) is 0 Å². The summed E-state index contributed by atoms with van der Waals surface area (Å²) >= 11 is 0. The lowest BCUT2D eigenvalue weighted by Gasteiger charge is -2.62. The molecule has 0 aliphatic heterocycles. The number of rotatable bonds is 5. The van der Waals surface area contributed by atoms with Crippen LogP contribution in [0.15, 0.2) is 12.2 Å². The van der Waals surface area contributed by atoms with Crippen molar-refractivity contribution in [3.05, 3.63) is 12.2 Å². The molecule has 4 fully saturated rings. The molecule has 0 spiro atoms. The number of hydrogen-bond donors (Lipinski definition) is 4. The van der Waals surface area contributed by atoms with E-state index in [1.54, 1.807) is 0 Å². The van der Waals surface area contributed by atoms with Crippen LogP contribution in [0.2, 0.25) is 0 Å². The van der Waals surface area contributed by atoms with Gasteiger partial charge in [-0.05, 0) is 103 Å². The third-order valence-corrected chi connectivity index (χ3v) is 11.2. The first-order chi connectivity index (χ1) is 15.0. The van der Waals surface area contributed by atoms with Crippen molar-refractivity contribution in [1.82, 2.24) is 0 Å². The van der Waals surface area contributed by atoms with Crippen molar-refractivity contribution in [3.63, 3.8) is 0 Å². The molecule has 0 bridgehead atoms. The molecule has 0 saturated heterocycles. The number of hydrogen-bond acceptors (Lipinski definition) is 4. The van der Waals surface area contributed by atoms with Crippen molar-refractivity contribution in [2.24, 2.45) is 58.2 Å². The van der Waals surface area contributed by atoms with Crippen molar-refractivity contribution in [2.75, 3.05) is 6.61 Å². The fourth-order valence-corrected chi connectivity index (χ4v) is 9.05. The smallest absolute Gasteiger partial charge is 0.0579 e. The quantitative estimate of drug-likeness (QED) is 0.470. The molecule has 0 amide bonds. The highest BCUT2D eigenvalue weighted by Gasteiger charge is 2.64. The Bertz CT molecular complexity index is 693. The lowest BCUT2D eigenvalue weighted by atomic mass is 9.43. The second-order valence-corrected chi connectivity index (χ2v) is 12.9. The van der Waals surface area contributed by atoms with E-state index >= 15 is 0 Å². The summed E-state index contributed by atoms with van der Waals surface area (Å²) in [5.74, 6) is 2.84. The van der Waals surface area contributed by atoms with Gasteiger partial charge in [-0.1, -0.05) is 46.8 Å². The van der Waals surface area contributed by atoms with Crippen LogP contribution in [-0.2, 0) is 0 Å². The van der Waals surface area contributed by atoms with E-state index in [1.807, 2.05) is 0 Å². The van der Waals surface area contributed by atoms with Gasteiger partial charge in [0, 0.05) is 6.61 Å². The maximum atomic E-state index is 11.4. The van der Waals surface area contributed by atoms with Crippen molar-refractivity contribution in [3.8, 4) is 0 Å². The zero-order valence-electron chi connectivity index (χ0n) is 21.0. The van der Waals surface area contributed by atoms with Crippen LogP contribution in [0.3, 0.4) is 0 Å². The summed E-state index contributed by atoms with van der Waals surface area (Å²) in [6, 6.07) is 0. The monoisotopic (exact) mass is 448 g/mol. The van der Waals surface area contributed by atoms with Crippen LogP contribution in [0.4, 0.5) is 0 Å². The molecule has 4 rings (SSSR count). The first-order valence-corrected chi connectivity index (χ1v) is 13.4. The standard InChI is InChI=1S/C28H48O4/c1-16(18(3)15-29)6-7-17(2)22-14-25(32)26-20-13-24(31)23-12-19(30)8-10-27(23,4)21(20)9-11-28(22,26)5/h6-7,16-26,29-32H,8-15H2,1-5H3/b7-6+/t16-,17+,18-,19+,20-,21+,22-,23-,24+,25-,26-,27-,28-/m1/s1. The highest BCUT2D eigenvalue weighted by atomic mass is 16.3. The van der Waals surface area contributed by atoms with Gasteiger partial charge in [-0.25, -0.2) is 0 Å². The van der Waals surface area contributed by atoms with E-state index in [9.17, 15) is 20.4 Å². The fourth-order valence-electron chi connectivity index (χ4n) is 9.05. The van der Waals surface area contributed by atoms with Crippen LogP contribution in [-0.4, -0.2) is 45.3 Å². The van der Waals surface area contributed by atoms with E-state index < -0.39 is 0 Å². The third-order valence-electron chi connectivity index (χ3n) is 11.2. The zero-order chi connectivity index (χ0) is 23.4. The predicted molar refractivity (Wildman–Crippen MR) is 128 cm³/mol. The molecule has 4 saturated carbocycles. The SMILES string of the molecule is C[C@H](/C=C/[C@H](C)[C@H]1C[C@@H](O)[C@H]2[C@@H]3C[C@H](O)[C@H]4C[C@@H](O)CC[C@]4(C)[C@H]3CC[C@@]21C)[C@H](C)CO. The highest BCUT2D eigenvalue weighted by molar-refractivity contribution is 5.14. The van der Waals surface area contributed by atoms with E-state index in [4.69, 9.17) is 0 Å². The Balaban J connectivity index is 1.56. The topological polar surface area (TPSA) is 80.9 Å². The lowest BCUT2D eigenvalue weighted by Crippen LogP contribution is -2.59. The molecule has 4 aliphatic rings. The van der Waals surface area contributed by atoms with Gasteiger partial charge in [0.1, 0.15) is 0 Å². The van der Waals surface area contributed by atoms with Crippen LogP contribution < -0.4 is 0 Å². The van der Waals surface area contributed by atoms with Crippen molar-refractivity contribution >= 4 is 0 Å². The molecule has 13 atom stereocenters. The summed E-state index contributed by atoms with van der Waals surface area (Å²) in [6.07, 6.45) is 10.3. The molecule has 0 heterocycles. The minimum atomic E-state index is -0.358. The molecule has 4 aliphatic carbocycles. The molecule has 0 aromatic rings. The summed E-state index contributed by atoms with van der Waals surface area (Å²) in [7, 11) is 0. The van der Waals surface area contributed by atoms with Gasteiger partial charge >= 0.3 is 0 Å². The van der Waals surface area contributed by atoms with Crippen molar-refractivity contribution in [2.45, 2.75) is 97.9 Å². The molecule has 0 aromatic carbocycles. The Morgan fingerprint density at radius 2 is 1.53 bits per heavy atom.